The van der Waals surface area contributed by atoms with Crippen LogP contribution in [-0.4, -0.2) is 47.8 Å². The first-order valence-electron chi connectivity index (χ1n) is 13.6. The minimum absolute atomic E-state index is 0.130. The van der Waals surface area contributed by atoms with E-state index < -0.39 is 0 Å². The third-order valence-corrected chi connectivity index (χ3v) is 9.71. The fourth-order valence-corrected chi connectivity index (χ4v) is 7.57. The van der Waals surface area contributed by atoms with Gasteiger partial charge >= 0.3 is 0 Å². The predicted octanol–water partition coefficient (Wildman–Crippen LogP) is 5.46. The highest BCUT2D eigenvalue weighted by Gasteiger charge is 2.47. The number of nitrogens with zero attached hydrogens (tertiary/aromatic N) is 7. The minimum Gasteiger partial charge on any atom is -0.356 e. The molecule has 0 N–H and O–H groups in total. The number of hydrogen-bond acceptors (Lipinski definition) is 6. The monoisotopic (exact) mass is 555 g/mol. The molecule has 0 amide bonds. The van der Waals surface area contributed by atoms with E-state index in [1.54, 1.807) is 16.3 Å². The molecule has 9 nitrogen and oxygen atoms in total. The van der Waals surface area contributed by atoms with E-state index in [9.17, 15) is 4.79 Å². The molecule has 0 saturated carbocycles. The Morgan fingerprint density at radius 3 is 2.66 bits per heavy atom. The van der Waals surface area contributed by atoms with Crippen molar-refractivity contribution >= 4 is 51.1 Å². The maximum Gasteiger partial charge on any atom is 0.266 e. The van der Waals surface area contributed by atoms with Gasteiger partial charge in [0.2, 0.25) is 5.95 Å². The lowest BCUT2D eigenvalue weighted by Crippen LogP contribution is -2.36. The van der Waals surface area contributed by atoms with Crippen LogP contribution < -0.4 is 10.5 Å². The van der Waals surface area contributed by atoms with Crippen molar-refractivity contribution in [2.45, 2.75) is 70.2 Å². The van der Waals surface area contributed by atoms with Gasteiger partial charge in [0.25, 0.3) is 5.56 Å². The van der Waals surface area contributed by atoms with Crippen molar-refractivity contribution in [3.8, 4) is 11.3 Å². The molecular formula is C27H31Cl2N7O2. The van der Waals surface area contributed by atoms with E-state index in [4.69, 9.17) is 38.0 Å². The molecule has 38 heavy (non-hydrogen) atoms. The molecule has 200 valence electrons. The van der Waals surface area contributed by atoms with Crippen molar-refractivity contribution in [1.82, 2.24) is 29.1 Å². The van der Waals surface area contributed by atoms with Gasteiger partial charge in [-0.25, -0.2) is 4.68 Å². The molecule has 1 aromatic carbocycles. The summed E-state index contributed by atoms with van der Waals surface area (Å²) in [7, 11) is 3.60. The van der Waals surface area contributed by atoms with Crippen LogP contribution in [0.3, 0.4) is 0 Å². The Hall–Kier alpha value is -2.62. The molecule has 2 bridgehead atoms. The summed E-state index contributed by atoms with van der Waals surface area (Å²) in [5.74, 6) is 1.37. The zero-order chi connectivity index (χ0) is 26.3. The van der Waals surface area contributed by atoms with Gasteiger partial charge in [0.05, 0.1) is 15.9 Å². The van der Waals surface area contributed by atoms with E-state index in [1.165, 1.54) is 0 Å². The van der Waals surface area contributed by atoms with Gasteiger partial charge in [0.15, 0.2) is 11.9 Å². The summed E-state index contributed by atoms with van der Waals surface area (Å²) in [4.78, 5) is 21.7. The number of fused-ring (bicyclic) bond motifs is 4. The Balaban J connectivity index is 1.48. The van der Waals surface area contributed by atoms with Crippen LogP contribution in [0, 0.1) is 5.92 Å². The van der Waals surface area contributed by atoms with Crippen LogP contribution in [-0.2, 0) is 18.8 Å². The first-order chi connectivity index (χ1) is 18.4. The molecule has 4 atom stereocenters. The van der Waals surface area contributed by atoms with Crippen LogP contribution in [0.4, 0.5) is 5.95 Å². The van der Waals surface area contributed by atoms with Crippen LogP contribution in [0.2, 0.25) is 10.2 Å². The number of benzene rings is 1. The van der Waals surface area contributed by atoms with Crippen LogP contribution in [0.1, 0.15) is 58.1 Å². The van der Waals surface area contributed by atoms with Crippen LogP contribution >= 0.6 is 23.2 Å². The lowest BCUT2D eigenvalue weighted by molar-refractivity contribution is -0.0368. The molecule has 3 aliphatic heterocycles. The number of aromatic nitrogens is 6. The molecule has 0 spiro atoms. The Bertz CT molecular complexity index is 1630. The number of hydrogen-bond donors (Lipinski definition) is 0. The number of ether oxygens (including phenoxy) is 1. The van der Waals surface area contributed by atoms with Gasteiger partial charge in [-0.2, -0.15) is 15.2 Å². The zero-order valence-corrected chi connectivity index (χ0v) is 23.3. The Morgan fingerprint density at radius 2 is 1.92 bits per heavy atom. The second kappa shape index (κ2) is 8.96. The number of halogens is 2. The van der Waals surface area contributed by atoms with Crippen molar-refractivity contribution in [3.63, 3.8) is 0 Å². The summed E-state index contributed by atoms with van der Waals surface area (Å²) < 4.78 is 11.2. The second-order valence-electron chi connectivity index (χ2n) is 10.9. The van der Waals surface area contributed by atoms with Crippen LogP contribution in [0.5, 0.6) is 0 Å². The minimum atomic E-state index is -0.282. The summed E-state index contributed by atoms with van der Waals surface area (Å²) in [6.45, 7) is 2.92. The molecule has 3 aromatic heterocycles. The normalized spacial score (nSPS) is 25.3. The van der Waals surface area contributed by atoms with Gasteiger partial charge in [0, 0.05) is 38.3 Å². The molecule has 7 rings (SSSR count). The fourth-order valence-electron chi connectivity index (χ4n) is 6.95. The maximum atomic E-state index is 14.1. The Kier molecular flexibility index (Phi) is 5.76. The molecule has 0 radical (unpaired) electrons. The molecule has 1 unspecified atom stereocenters. The molecule has 4 aromatic rings. The largest absolute Gasteiger partial charge is 0.356 e. The number of aryl methyl sites for hydroxylation is 1. The molecule has 0 aliphatic carbocycles. The van der Waals surface area contributed by atoms with E-state index in [-0.39, 0.29) is 11.8 Å². The molecule has 3 fully saturated rings. The predicted molar refractivity (Wildman–Crippen MR) is 149 cm³/mol. The Labute approximate surface area is 230 Å². The van der Waals surface area contributed by atoms with Crippen molar-refractivity contribution < 1.29 is 4.74 Å². The second-order valence-corrected chi connectivity index (χ2v) is 11.7. The third kappa shape index (κ3) is 3.41. The van der Waals surface area contributed by atoms with Gasteiger partial charge < -0.3 is 9.64 Å². The first kappa shape index (κ1) is 24.4. The van der Waals surface area contributed by atoms with E-state index in [2.05, 4.69) is 16.9 Å². The summed E-state index contributed by atoms with van der Waals surface area (Å²) in [6, 6.07) is 4.57. The van der Waals surface area contributed by atoms with Crippen LogP contribution in [0.15, 0.2) is 16.9 Å². The maximum absolute atomic E-state index is 14.1. The van der Waals surface area contributed by atoms with Crippen molar-refractivity contribution in [2.24, 2.45) is 20.0 Å². The average molecular weight is 556 g/mol. The topological polar surface area (TPSA) is 83.0 Å². The molecule has 3 saturated heterocycles. The fraction of sp³-hybridized carbons (Fsp3) is 0.556. The van der Waals surface area contributed by atoms with Crippen LogP contribution in [0.25, 0.3) is 33.2 Å². The highest BCUT2D eigenvalue weighted by atomic mass is 35.5. The molecule has 11 heteroatoms. The van der Waals surface area contributed by atoms with Gasteiger partial charge in [-0.3, -0.25) is 14.0 Å². The highest BCUT2D eigenvalue weighted by molar-refractivity contribution is 6.43. The quantitative estimate of drug-likeness (QED) is 0.332. The number of rotatable bonds is 4. The summed E-state index contributed by atoms with van der Waals surface area (Å²) >= 11 is 13.5. The van der Waals surface area contributed by atoms with Crippen molar-refractivity contribution in [3.05, 3.63) is 32.7 Å². The van der Waals surface area contributed by atoms with Gasteiger partial charge in [0.1, 0.15) is 16.2 Å². The van der Waals surface area contributed by atoms with Gasteiger partial charge in [-0.15, -0.1) is 0 Å². The standard InChI is InChI=1S/C27H31Cl2N7O2/c1-4-14-13-15-8-11-18(14)35(15)27-30-25-21(26(37)33(27)2)23(32-36(25)19-7-5-6-12-38-19)16-9-10-17-20(22(16)28)24(29)34(3)31-17/h9-10,14-15,18-19H,4-8,11-13H2,1-3H3/t14-,15+,18-,19?/m1/s1. The number of anilines is 1. The molecular weight excluding hydrogens is 525 g/mol. The lowest BCUT2D eigenvalue weighted by atomic mass is 9.87. The third-order valence-electron chi connectivity index (χ3n) is 8.88. The summed E-state index contributed by atoms with van der Waals surface area (Å²) in [5, 5.41) is 11.4. The smallest absolute Gasteiger partial charge is 0.266 e. The lowest BCUT2D eigenvalue weighted by Gasteiger charge is -2.27. The summed E-state index contributed by atoms with van der Waals surface area (Å²) in [6.07, 6.45) is 7.18. The Morgan fingerprint density at radius 1 is 1.08 bits per heavy atom. The first-order valence-corrected chi connectivity index (χ1v) is 14.3. The van der Waals surface area contributed by atoms with Gasteiger partial charge in [-0.05, 0) is 56.6 Å². The average Bonchev–Trinajstić information content (AvgIpc) is 3.67. The van der Waals surface area contributed by atoms with Crippen molar-refractivity contribution in [2.75, 3.05) is 11.5 Å². The highest BCUT2D eigenvalue weighted by Crippen LogP contribution is 2.46. The van der Waals surface area contributed by atoms with E-state index in [0.717, 1.165) is 50.9 Å². The SMILES string of the molecule is CC[C@@H]1C[C@@H]2CC[C@H]1N2c1nc2c(c(-c3ccc4nn(C)c(Cl)c4c3Cl)nn2C2CCCCO2)c(=O)n1C. The van der Waals surface area contributed by atoms with E-state index in [0.29, 0.717) is 68.0 Å². The van der Waals surface area contributed by atoms with Gasteiger partial charge in [-0.1, -0.05) is 36.5 Å². The summed E-state index contributed by atoms with van der Waals surface area (Å²) in [5.41, 5.74) is 2.24. The zero-order valence-electron chi connectivity index (χ0n) is 21.8. The molecule has 6 heterocycles. The van der Waals surface area contributed by atoms with E-state index in [1.807, 2.05) is 23.9 Å². The van der Waals surface area contributed by atoms with E-state index >= 15 is 0 Å². The van der Waals surface area contributed by atoms with Crippen molar-refractivity contribution in [1.29, 1.82) is 0 Å². The molecule has 3 aliphatic rings.